The van der Waals surface area contributed by atoms with Gasteiger partial charge in [0.25, 0.3) is 0 Å². The van der Waals surface area contributed by atoms with Gasteiger partial charge in [-0.05, 0) is 18.6 Å². The van der Waals surface area contributed by atoms with Crippen LogP contribution in [0.2, 0.25) is 0 Å². The van der Waals surface area contributed by atoms with Crippen LogP contribution in [0.15, 0.2) is 12.1 Å². The van der Waals surface area contributed by atoms with Crippen molar-refractivity contribution < 1.29 is 9.13 Å². The molecule has 1 aromatic rings. The summed E-state index contributed by atoms with van der Waals surface area (Å²) in [6, 6.07) is 3.18. The maximum absolute atomic E-state index is 13.1. The molecule has 0 radical (unpaired) electrons. The Morgan fingerprint density at radius 1 is 1.54 bits per heavy atom. The van der Waals surface area contributed by atoms with E-state index in [0.717, 1.165) is 12.0 Å². The summed E-state index contributed by atoms with van der Waals surface area (Å²) in [5.74, 6) is 0.360. The Morgan fingerprint density at radius 2 is 2.31 bits per heavy atom. The first-order valence-electron chi connectivity index (χ1n) is 4.25. The number of hydrogen-bond acceptors (Lipinski definition) is 1. The standard InChI is InChI=1S/C10H10ClFO/c1-6-4-7-8(11)2-3-13-10(7)5-9(6)12/h4-5,8H,2-3H2,1H3. The quantitative estimate of drug-likeness (QED) is 0.585. The van der Waals surface area contributed by atoms with Gasteiger partial charge in [0, 0.05) is 18.1 Å². The Kier molecular flexibility index (Phi) is 2.16. The van der Waals surface area contributed by atoms with Crippen molar-refractivity contribution in [3.8, 4) is 5.75 Å². The molecular formula is C10H10ClFO. The fourth-order valence-corrected chi connectivity index (χ4v) is 1.74. The zero-order valence-corrected chi connectivity index (χ0v) is 8.07. The zero-order valence-electron chi connectivity index (χ0n) is 7.31. The van der Waals surface area contributed by atoms with Gasteiger partial charge in [0.05, 0.1) is 12.0 Å². The molecule has 1 aliphatic rings. The molecule has 0 N–H and O–H groups in total. The Labute approximate surface area is 81.5 Å². The van der Waals surface area contributed by atoms with Crippen LogP contribution in [-0.4, -0.2) is 6.61 Å². The molecule has 1 atom stereocenters. The third-order valence-corrected chi connectivity index (χ3v) is 2.71. The SMILES string of the molecule is Cc1cc2c(cc1F)OCCC2Cl. The molecule has 0 spiro atoms. The molecule has 3 heteroatoms. The fraction of sp³-hybridized carbons (Fsp3) is 0.400. The van der Waals surface area contributed by atoms with E-state index >= 15 is 0 Å². The third-order valence-electron chi connectivity index (χ3n) is 2.26. The lowest BCUT2D eigenvalue weighted by molar-refractivity contribution is 0.283. The highest BCUT2D eigenvalue weighted by atomic mass is 35.5. The van der Waals surface area contributed by atoms with Crippen LogP contribution in [0.1, 0.15) is 22.9 Å². The number of fused-ring (bicyclic) bond motifs is 1. The molecule has 2 rings (SSSR count). The van der Waals surface area contributed by atoms with E-state index < -0.39 is 0 Å². The fourth-order valence-electron chi connectivity index (χ4n) is 1.48. The van der Waals surface area contributed by atoms with Crippen LogP contribution >= 0.6 is 11.6 Å². The first-order valence-corrected chi connectivity index (χ1v) is 4.69. The van der Waals surface area contributed by atoms with Gasteiger partial charge in [-0.25, -0.2) is 4.39 Å². The van der Waals surface area contributed by atoms with Gasteiger partial charge in [0.1, 0.15) is 11.6 Å². The largest absolute Gasteiger partial charge is 0.493 e. The molecule has 0 aliphatic carbocycles. The lowest BCUT2D eigenvalue weighted by Crippen LogP contribution is -2.11. The first kappa shape index (κ1) is 8.82. The summed E-state index contributed by atoms with van der Waals surface area (Å²) < 4.78 is 18.4. The molecule has 1 nitrogen and oxygen atoms in total. The minimum Gasteiger partial charge on any atom is -0.493 e. The van der Waals surface area contributed by atoms with Gasteiger partial charge < -0.3 is 4.74 Å². The summed E-state index contributed by atoms with van der Waals surface area (Å²) in [5.41, 5.74) is 1.53. The number of rotatable bonds is 0. The van der Waals surface area contributed by atoms with Crippen LogP contribution in [0, 0.1) is 12.7 Å². The van der Waals surface area contributed by atoms with Crippen molar-refractivity contribution in [2.75, 3.05) is 6.61 Å². The number of hydrogen-bond donors (Lipinski definition) is 0. The van der Waals surface area contributed by atoms with E-state index in [9.17, 15) is 4.39 Å². The molecule has 1 aromatic carbocycles. The Hall–Kier alpha value is -0.760. The molecule has 1 aliphatic heterocycles. The number of alkyl halides is 1. The first-order chi connectivity index (χ1) is 6.18. The Bertz CT molecular complexity index is 338. The van der Waals surface area contributed by atoms with E-state index in [1.54, 1.807) is 13.0 Å². The summed E-state index contributed by atoms with van der Waals surface area (Å²) in [7, 11) is 0. The van der Waals surface area contributed by atoms with E-state index in [4.69, 9.17) is 16.3 Å². The van der Waals surface area contributed by atoms with E-state index in [2.05, 4.69) is 0 Å². The maximum Gasteiger partial charge on any atom is 0.129 e. The van der Waals surface area contributed by atoms with Gasteiger partial charge in [-0.1, -0.05) is 0 Å². The van der Waals surface area contributed by atoms with Crippen LogP contribution in [0.5, 0.6) is 5.75 Å². The van der Waals surface area contributed by atoms with Crippen molar-refractivity contribution in [1.29, 1.82) is 0 Å². The molecule has 13 heavy (non-hydrogen) atoms. The summed E-state index contributed by atoms with van der Waals surface area (Å²) in [4.78, 5) is 0. The van der Waals surface area contributed by atoms with Crippen LogP contribution in [0.3, 0.4) is 0 Å². The predicted octanol–water partition coefficient (Wildman–Crippen LogP) is 3.20. The lowest BCUT2D eigenvalue weighted by atomic mass is 10.0. The normalized spacial score (nSPS) is 20.7. The molecule has 0 fully saturated rings. The van der Waals surface area contributed by atoms with E-state index in [1.165, 1.54) is 6.07 Å². The second-order valence-corrected chi connectivity index (χ2v) is 3.77. The molecule has 1 heterocycles. The molecule has 0 bridgehead atoms. The van der Waals surface area contributed by atoms with Gasteiger partial charge in [0.2, 0.25) is 0 Å². The Morgan fingerprint density at radius 3 is 3.08 bits per heavy atom. The molecule has 1 unspecified atom stereocenters. The summed E-state index contributed by atoms with van der Waals surface area (Å²) >= 11 is 6.07. The molecule has 70 valence electrons. The van der Waals surface area contributed by atoms with Crippen molar-refractivity contribution in [2.24, 2.45) is 0 Å². The van der Waals surface area contributed by atoms with Crippen LogP contribution in [-0.2, 0) is 0 Å². The topological polar surface area (TPSA) is 9.23 Å². The third kappa shape index (κ3) is 1.51. The summed E-state index contributed by atoms with van der Waals surface area (Å²) in [5, 5.41) is -0.0388. The highest BCUT2D eigenvalue weighted by molar-refractivity contribution is 6.21. The van der Waals surface area contributed by atoms with Gasteiger partial charge >= 0.3 is 0 Å². The van der Waals surface area contributed by atoms with Gasteiger partial charge in [-0.15, -0.1) is 11.6 Å². The molecule has 0 aromatic heterocycles. The second-order valence-electron chi connectivity index (χ2n) is 3.24. The van der Waals surface area contributed by atoms with Gasteiger partial charge in [-0.3, -0.25) is 0 Å². The Balaban J connectivity index is 2.52. The maximum atomic E-state index is 13.1. The zero-order chi connectivity index (χ0) is 9.42. The van der Waals surface area contributed by atoms with Gasteiger partial charge in [0.15, 0.2) is 0 Å². The molecule has 0 saturated carbocycles. The van der Waals surface area contributed by atoms with Crippen molar-refractivity contribution in [3.63, 3.8) is 0 Å². The van der Waals surface area contributed by atoms with Crippen molar-refractivity contribution in [2.45, 2.75) is 18.7 Å². The molecule has 0 amide bonds. The number of aryl methyl sites for hydroxylation is 1. The number of halogens is 2. The number of ether oxygens (including phenoxy) is 1. The van der Waals surface area contributed by atoms with Crippen molar-refractivity contribution >= 4 is 11.6 Å². The average molecular weight is 201 g/mol. The number of benzene rings is 1. The van der Waals surface area contributed by atoms with Crippen LogP contribution in [0.25, 0.3) is 0 Å². The summed E-state index contributed by atoms with van der Waals surface area (Å²) in [6.45, 7) is 2.30. The van der Waals surface area contributed by atoms with Crippen LogP contribution < -0.4 is 4.74 Å². The van der Waals surface area contributed by atoms with Gasteiger partial charge in [-0.2, -0.15) is 0 Å². The van der Waals surface area contributed by atoms with E-state index in [0.29, 0.717) is 17.9 Å². The molecule has 0 saturated heterocycles. The minimum atomic E-state index is -0.232. The highest BCUT2D eigenvalue weighted by Crippen LogP contribution is 2.37. The smallest absolute Gasteiger partial charge is 0.129 e. The predicted molar refractivity (Wildman–Crippen MR) is 49.8 cm³/mol. The lowest BCUT2D eigenvalue weighted by Gasteiger charge is -2.22. The average Bonchev–Trinajstić information content (AvgIpc) is 2.09. The highest BCUT2D eigenvalue weighted by Gasteiger charge is 2.20. The second kappa shape index (κ2) is 3.18. The van der Waals surface area contributed by atoms with Crippen molar-refractivity contribution in [1.82, 2.24) is 0 Å². The van der Waals surface area contributed by atoms with Crippen LogP contribution in [0.4, 0.5) is 4.39 Å². The molecular weight excluding hydrogens is 191 g/mol. The minimum absolute atomic E-state index is 0.0388. The monoisotopic (exact) mass is 200 g/mol. The summed E-state index contributed by atoms with van der Waals surface area (Å²) in [6.07, 6.45) is 0.791. The van der Waals surface area contributed by atoms with E-state index in [-0.39, 0.29) is 11.2 Å². The van der Waals surface area contributed by atoms with Crippen molar-refractivity contribution in [3.05, 3.63) is 29.1 Å². The van der Waals surface area contributed by atoms with E-state index in [1.807, 2.05) is 0 Å².